The predicted octanol–water partition coefficient (Wildman–Crippen LogP) is -2.31. The van der Waals surface area contributed by atoms with Crippen LogP contribution in [0.1, 0.15) is 0 Å². The van der Waals surface area contributed by atoms with Gasteiger partial charge in [0.05, 0.1) is 13.2 Å². The molecule has 0 saturated carbocycles. The molecule has 1 fully saturated rings. The van der Waals surface area contributed by atoms with Crippen LogP contribution in [0.2, 0.25) is 0 Å². The molecule has 1 aliphatic rings. The molecule has 2 unspecified atom stereocenters. The molecule has 4 atom stereocenters. The molecule has 114 valence electrons. The quantitative estimate of drug-likeness (QED) is 0.289. The first kappa shape index (κ1) is 17.2. The van der Waals surface area contributed by atoms with E-state index in [9.17, 15) is 19.3 Å². The van der Waals surface area contributed by atoms with Gasteiger partial charge in [0, 0.05) is 0 Å². The summed E-state index contributed by atoms with van der Waals surface area (Å²) in [5.41, 5.74) is 0. The van der Waals surface area contributed by atoms with Crippen LogP contribution in [0.5, 0.6) is 0 Å². The highest BCUT2D eigenvalue weighted by Gasteiger charge is 2.44. The molecule has 1 saturated heterocycles. The molecule has 0 spiro atoms. The van der Waals surface area contributed by atoms with E-state index in [4.69, 9.17) is 24.3 Å². The van der Waals surface area contributed by atoms with E-state index >= 15 is 0 Å². The Morgan fingerprint density at radius 3 is 1.42 bits per heavy atom. The summed E-state index contributed by atoms with van der Waals surface area (Å²) >= 11 is 0. The van der Waals surface area contributed by atoms with Gasteiger partial charge in [0.25, 0.3) is 0 Å². The molecule has 0 aromatic carbocycles. The maximum Gasteiger partial charge on any atom is 0.469 e. The number of rotatable bonds is 6. The summed E-state index contributed by atoms with van der Waals surface area (Å²) in [4.78, 5) is 33.9. The summed E-state index contributed by atoms with van der Waals surface area (Å²) in [7, 11) is -9.51. The molecule has 0 aromatic rings. The van der Waals surface area contributed by atoms with E-state index in [1.807, 2.05) is 0 Å². The Kier molecular flexibility index (Phi) is 5.64. The van der Waals surface area contributed by atoms with Crippen molar-refractivity contribution < 1.29 is 52.7 Å². The van der Waals surface area contributed by atoms with Gasteiger partial charge in [-0.05, 0) is 0 Å². The Morgan fingerprint density at radius 2 is 1.16 bits per heavy atom. The highest BCUT2D eigenvalue weighted by molar-refractivity contribution is 7.46. The van der Waals surface area contributed by atoms with Crippen LogP contribution in [0.15, 0.2) is 0 Å². The molecule has 6 N–H and O–H groups in total. The smallest absolute Gasteiger partial charge is 0.388 e. The monoisotopic (exact) mass is 324 g/mol. The standard InChI is InChI=1S/C6H14O11P2/c7-5-3(1-15-18(9,10)11)17-4(6(5)8)2-16-19(12,13)14/h3-8H,1-2H2,(H2,9,10,11)(H2,12,13,14)/t3-,4+,5?,6?. The Labute approximate surface area is 107 Å². The van der Waals surface area contributed by atoms with Crippen LogP contribution in [0.4, 0.5) is 0 Å². The average Bonchev–Trinajstić information content (AvgIpc) is 2.49. The fraction of sp³-hybridized carbons (Fsp3) is 1.00. The number of hydrogen-bond acceptors (Lipinski definition) is 7. The summed E-state index contributed by atoms with van der Waals surface area (Å²) in [5.74, 6) is 0. The largest absolute Gasteiger partial charge is 0.469 e. The fourth-order valence-electron chi connectivity index (χ4n) is 1.44. The fourth-order valence-corrected chi connectivity index (χ4v) is 2.12. The molecule has 1 heterocycles. The van der Waals surface area contributed by atoms with Crippen LogP contribution in [-0.2, 0) is 22.9 Å². The van der Waals surface area contributed by atoms with E-state index < -0.39 is 53.3 Å². The minimum Gasteiger partial charge on any atom is -0.388 e. The lowest BCUT2D eigenvalue weighted by Crippen LogP contribution is -2.35. The van der Waals surface area contributed by atoms with Crippen LogP contribution in [0, 0.1) is 0 Å². The van der Waals surface area contributed by atoms with Crippen LogP contribution in [0.25, 0.3) is 0 Å². The molecule has 0 amide bonds. The minimum atomic E-state index is -4.75. The molecule has 0 aliphatic carbocycles. The highest BCUT2D eigenvalue weighted by Crippen LogP contribution is 2.39. The van der Waals surface area contributed by atoms with Gasteiger partial charge in [-0.25, -0.2) is 9.13 Å². The van der Waals surface area contributed by atoms with E-state index in [-0.39, 0.29) is 0 Å². The summed E-state index contributed by atoms with van der Waals surface area (Å²) in [6.07, 6.45) is -5.57. The number of aliphatic hydroxyl groups excluding tert-OH is 2. The topological polar surface area (TPSA) is 183 Å². The lowest BCUT2D eigenvalue weighted by Gasteiger charge is -2.15. The summed E-state index contributed by atoms with van der Waals surface area (Å²) < 4.78 is 34.1. The van der Waals surface area contributed by atoms with Crippen molar-refractivity contribution in [2.75, 3.05) is 13.2 Å². The zero-order chi connectivity index (χ0) is 14.8. The van der Waals surface area contributed by atoms with Gasteiger partial charge in [0.1, 0.15) is 24.4 Å². The van der Waals surface area contributed by atoms with Crippen molar-refractivity contribution in [2.24, 2.45) is 0 Å². The summed E-state index contributed by atoms with van der Waals surface area (Å²) in [5, 5.41) is 19.0. The normalized spacial score (nSPS) is 32.7. The van der Waals surface area contributed by atoms with Gasteiger partial charge >= 0.3 is 15.6 Å². The molecule has 19 heavy (non-hydrogen) atoms. The Morgan fingerprint density at radius 1 is 0.842 bits per heavy atom. The first-order valence-electron chi connectivity index (χ1n) is 4.91. The number of phosphoric ester groups is 2. The van der Waals surface area contributed by atoms with Crippen molar-refractivity contribution in [3.05, 3.63) is 0 Å². The van der Waals surface area contributed by atoms with E-state index in [1.54, 1.807) is 0 Å². The Hall–Kier alpha value is 0.1000. The third-order valence-corrected chi connectivity index (χ3v) is 3.25. The van der Waals surface area contributed by atoms with Crippen molar-refractivity contribution in [2.45, 2.75) is 24.4 Å². The SMILES string of the molecule is O=P(O)(O)OC[C@@H]1O[C@H](COP(=O)(O)O)C(O)C1O. The average molecular weight is 324 g/mol. The predicted molar refractivity (Wildman–Crippen MR) is 56.7 cm³/mol. The lowest BCUT2D eigenvalue weighted by molar-refractivity contribution is -0.0382. The lowest BCUT2D eigenvalue weighted by atomic mass is 10.1. The van der Waals surface area contributed by atoms with Gasteiger partial charge in [0.15, 0.2) is 0 Å². The molecule has 11 nitrogen and oxygen atoms in total. The highest BCUT2D eigenvalue weighted by atomic mass is 31.2. The third kappa shape index (κ3) is 5.94. The molecule has 1 aliphatic heterocycles. The summed E-state index contributed by atoms with van der Waals surface area (Å²) in [6.45, 7) is -1.40. The third-order valence-electron chi connectivity index (χ3n) is 2.28. The molecule has 13 heteroatoms. The van der Waals surface area contributed by atoms with E-state index in [1.165, 1.54) is 0 Å². The number of aliphatic hydroxyl groups is 2. The summed E-state index contributed by atoms with van der Waals surface area (Å²) in [6, 6.07) is 0. The van der Waals surface area contributed by atoms with Crippen molar-refractivity contribution in [3.8, 4) is 0 Å². The molecule has 1 rings (SSSR count). The van der Waals surface area contributed by atoms with E-state index in [0.717, 1.165) is 0 Å². The second-order valence-corrected chi connectivity index (χ2v) is 6.25. The minimum absolute atomic E-state index is 0.699. The van der Waals surface area contributed by atoms with Crippen LogP contribution < -0.4 is 0 Å². The maximum absolute atomic E-state index is 10.5. The molecule has 0 aromatic heterocycles. The molecule has 0 radical (unpaired) electrons. The first-order chi connectivity index (χ1) is 8.49. The Balaban J connectivity index is 2.51. The molecular formula is C6H14O11P2. The molecule has 0 bridgehead atoms. The zero-order valence-corrected chi connectivity index (χ0v) is 11.1. The number of hydrogen-bond donors (Lipinski definition) is 6. The van der Waals surface area contributed by atoms with Crippen molar-refractivity contribution in [1.29, 1.82) is 0 Å². The van der Waals surface area contributed by atoms with Crippen LogP contribution >= 0.6 is 15.6 Å². The van der Waals surface area contributed by atoms with Gasteiger partial charge in [0.2, 0.25) is 0 Å². The second-order valence-electron chi connectivity index (χ2n) is 3.77. The number of ether oxygens (including phenoxy) is 1. The van der Waals surface area contributed by atoms with E-state index in [2.05, 4.69) is 9.05 Å². The molecular weight excluding hydrogens is 310 g/mol. The van der Waals surface area contributed by atoms with Gasteiger partial charge in [-0.1, -0.05) is 0 Å². The van der Waals surface area contributed by atoms with E-state index in [0.29, 0.717) is 0 Å². The second kappa shape index (κ2) is 6.25. The van der Waals surface area contributed by atoms with Crippen molar-refractivity contribution in [3.63, 3.8) is 0 Å². The van der Waals surface area contributed by atoms with Gasteiger partial charge in [-0.2, -0.15) is 0 Å². The zero-order valence-electron chi connectivity index (χ0n) is 9.34. The van der Waals surface area contributed by atoms with Gasteiger partial charge in [-0.3, -0.25) is 9.05 Å². The maximum atomic E-state index is 10.5. The van der Waals surface area contributed by atoms with Crippen LogP contribution in [0.3, 0.4) is 0 Å². The van der Waals surface area contributed by atoms with Crippen LogP contribution in [-0.4, -0.2) is 67.4 Å². The van der Waals surface area contributed by atoms with Crippen molar-refractivity contribution >= 4 is 15.6 Å². The van der Waals surface area contributed by atoms with Crippen molar-refractivity contribution in [1.82, 2.24) is 0 Å². The first-order valence-corrected chi connectivity index (χ1v) is 7.97. The number of phosphoric acid groups is 2. The Bertz CT molecular complexity index is 351. The van der Waals surface area contributed by atoms with Gasteiger partial charge < -0.3 is 34.5 Å². The van der Waals surface area contributed by atoms with Gasteiger partial charge in [-0.15, -0.1) is 0 Å².